The van der Waals surface area contributed by atoms with E-state index in [1.807, 2.05) is 48.3 Å². The molecule has 1 aliphatic rings. The number of rotatable bonds is 4. The highest BCUT2D eigenvalue weighted by Gasteiger charge is 2.26. The molecular weight excluding hydrogens is 338 g/mol. The average Bonchev–Trinajstić information content (AvgIpc) is 2.68. The van der Waals surface area contributed by atoms with Crippen LogP contribution < -0.4 is 10.6 Å². The maximum absolute atomic E-state index is 12.6. The third kappa shape index (κ3) is 4.46. The Labute approximate surface area is 154 Å². The van der Waals surface area contributed by atoms with Gasteiger partial charge in [0, 0.05) is 44.5 Å². The molecule has 0 bridgehead atoms. The van der Waals surface area contributed by atoms with E-state index in [1.54, 1.807) is 6.20 Å². The number of piperidine rings is 1. The van der Waals surface area contributed by atoms with Crippen molar-refractivity contribution in [1.29, 1.82) is 0 Å². The summed E-state index contributed by atoms with van der Waals surface area (Å²) in [5, 5.41) is 8.09. The van der Waals surface area contributed by atoms with E-state index in [-0.39, 0.29) is 18.3 Å². The highest BCUT2D eigenvalue weighted by molar-refractivity contribution is 5.94. The summed E-state index contributed by atoms with van der Waals surface area (Å²) in [6.45, 7) is 2.01. The number of carbonyl (C=O) groups is 1. The van der Waals surface area contributed by atoms with Crippen LogP contribution in [0.25, 0.3) is 0 Å². The third-order valence-corrected chi connectivity index (χ3v) is 4.66. The molecule has 2 heterocycles. The topological polar surface area (TPSA) is 75.4 Å². The molecule has 2 N–H and O–H groups in total. The van der Waals surface area contributed by atoms with Crippen molar-refractivity contribution < 1.29 is 4.79 Å². The first-order valence-electron chi connectivity index (χ1n) is 8.28. The number of halogens is 1. The van der Waals surface area contributed by atoms with Gasteiger partial charge in [-0.1, -0.05) is 12.1 Å². The van der Waals surface area contributed by atoms with Crippen molar-refractivity contribution in [2.45, 2.75) is 25.4 Å². The normalized spacial score (nSPS) is 14.7. The zero-order valence-electron chi connectivity index (χ0n) is 14.3. The summed E-state index contributed by atoms with van der Waals surface area (Å²) < 4.78 is 0. The Hall–Kier alpha value is -2.18. The Morgan fingerprint density at radius 3 is 2.48 bits per heavy atom. The second-order valence-corrected chi connectivity index (χ2v) is 6.12. The highest BCUT2D eigenvalue weighted by atomic mass is 35.5. The minimum absolute atomic E-state index is 0. The van der Waals surface area contributed by atoms with Gasteiger partial charge in [-0.25, -0.2) is 0 Å². The molecule has 2 aromatic rings. The maximum atomic E-state index is 12.6. The number of aromatic nitrogens is 2. The Bertz CT molecular complexity index is 672. The summed E-state index contributed by atoms with van der Waals surface area (Å²) in [6.07, 6.45) is 3.54. The number of carbonyl (C=O) groups excluding carboxylic acids is 1. The van der Waals surface area contributed by atoms with Crippen molar-refractivity contribution in [3.63, 3.8) is 0 Å². The van der Waals surface area contributed by atoms with Crippen LogP contribution in [0.4, 0.5) is 5.82 Å². The van der Waals surface area contributed by atoms with Gasteiger partial charge in [0.15, 0.2) is 5.82 Å². The molecule has 0 saturated carbocycles. The average molecular weight is 362 g/mol. The van der Waals surface area contributed by atoms with E-state index in [2.05, 4.69) is 15.1 Å². The minimum Gasteiger partial charge on any atom is -0.355 e. The lowest BCUT2D eigenvalue weighted by molar-refractivity contribution is 0.0713. The number of nitrogens with zero attached hydrogens (tertiary/aromatic N) is 4. The van der Waals surface area contributed by atoms with Gasteiger partial charge in [0.2, 0.25) is 0 Å². The molecule has 134 valence electrons. The Morgan fingerprint density at radius 1 is 1.24 bits per heavy atom. The van der Waals surface area contributed by atoms with E-state index in [4.69, 9.17) is 5.73 Å². The summed E-state index contributed by atoms with van der Waals surface area (Å²) in [5.74, 6) is 0.971. The lowest BCUT2D eigenvalue weighted by atomic mass is 10.0. The SMILES string of the molecule is CN(c1cccnn1)C1CCN(C(=O)c2ccc(CN)cc2)CC1.Cl. The van der Waals surface area contributed by atoms with Gasteiger partial charge in [0.25, 0.3) is 5.91 Å². The summed E-state index contributed by atoms with van der Waals surface area (Å²) in [6, 6.07) is 11.8. The predicted molar refractivity (Wildman–Crippen MR) is 101 cm³/mol. The molecule has 1 amide bonds. The molecular formula is C18H24ClN5O. The van der Waals surface area contributed by atoms with Gasteiger partial charge in [-0.05, 0) is 42.7 Å². The predicted octanol–water partition coefficient (Wildman–Crippen LogP) is 2.10. The van der Waals surface area contributed by atoms with Crippen molar-refractivity contribution in [3.8, 4) is 0 Å². The summed E-state index contributed by atoms with van der Waals surface area (Å²) in [5.41, 5.74) is 7.37. The molecule has 1 fully saturated rings. The van der Waals surface area contributed by atoms with Gasteiger partial charge in [-0.15, -0.1) is 17.5 Å². The number of benzene rings is 1. The lowest BCUT2D eigenvalue weighted by Gasteiger charge is -2.37. The quantitative estimate of drug-likeness (QED) is 0.902. The fraction of sp³-hybridized carbons (Fsp3) is 0.389. The molecule has 3 rings (SSSR count). The molecule has 0 unspecified atom stereocenters. The third-order valence-electron chi connectivity index (χ3n) is 4.66. The molecule has 1 aliphatic heterocycles. The minimum atomic E-state index is 0. The molecule has 0 radical (unpaired) electrons. The van der Waals surface area contributed by atoms with Crippen molar-refractivity contribution >= 4 is 24.1 Å². The first kappa shape index (κ1) is 19.1. The first-order valence-corrected chi connectivity index (χ1v) is 8.28. The zero-order chi connectivity index (χ0) is 16.9. The molecule has 1 aromatic heterocycles. The van der Waals surface area contributed by atoms with Crippen LogP contribution >= 0.6 is 12.4 Å². The number of nitrogens with two attached hydrogens (primary N) is 1. The fourth-order valence-corrected chi connectivity index (χ4v) is 3.09. The lowest BCUT2D eigenvalue weighted by Crippen LogP contribution is -2.45. The second-order valence-electron chi connectivity index (χ2n) is 6.12. The van der Waals surface area contributed by atoms with Gasteiger partial charge in [-0.3, -0.25) is 4.79 Å². The number of likely N-dealkylation sites (tertiary alicyclic amines) is 1. The van der Waals surface area contributed by atoms with Crippen molar-refractivity contribution in [2.24, 2.45) is 5.73 Å². The summed E-state index contributed by atoms with van der Waals surface area (Å²) >= 11 is 0. The van der Waals surface area contributed by atoms with Gasteiger partial charge in [0.1, 0.15) is 0 Å². The number of anilines is 1. The molecule has 0 aliphatic carbocycles. The molecule has 1 aromatic carbocycles. The highest BCUT2D eigenvalue weighted by Crippen LogP contribution is 2.21. The van der Waals surface area contributed by atoms with Crippen LogP contribution in [0.5, 0.6) is 0 Å². The van der Waals surface area contributed by atoms with Crippen LogP contribution in [-0.4, -0.2) is 47.2 Å². The Balaban J connectivity index is 0.00000225. The standard InChI is InChI=1S/C18H23N5O.ClH/c1-22(17-3-2-10-20-21-17)16-8-11-23(12-9-16)18(24)15-6-4-14(13-19)5-7-15;/h2-7,10,16H,8-9,11-13,19H2,1H3;1H. The van der Waals surface area contributed by atoms with Gasteiger partial charge in [0.05, 0.1) is 0 Å². The van der Waals surface area contributed by atoms with Crippen LogP contribution in [0.1, 0.15) is 28.8 Å². The van der Waals surface area contributed by atoms with E-state index in [1.165, 1.54) is 0 Å². The summed E-state index contributed by atoms with van der Waals surface area (Å²) in [4.78, 5) is 16.7. The first-order chi connectivity index (χ1) is 11.7. The fourth-order valence-electron chi connectivity index (χ4n) is 3.09. The molecule has 0 atom stereocenters. The zero-order valence-corrected chi connectivity index (χ0v) is 15.2. The molecule has 1 saturated heterocycles. The van der Waals surface area contributed by atoms with Crippen LogP contribution in [0, 0.1) is 0 Å². The largest absolute Gasteiger partial charge is 0.355 e. The van der Waals surface area contributed by atoms with Crippen LogP contribution in [0.3, 0.4) is 0 Å². The van der Waals surface area contributed by atoms with Crippen molar-refractivity contribution in [3.05, 3.63) is 53.7 Å². The number of hydrogen-bond donors (Lipinski definition) is 1. The number of hydrogen-bond acceptors (Lipinski definition) is 5. The van der Waals surface area contributed by atoms with E-state index in [9.17, 15) is 4.79 Å². The van der Waals surface area contributed by atoms with E-state index < -0.39 is 0 Å². The molecule has 6 nitrogen and oxygen atoms in total. The maximum Gasteiger partial charge on any atom is 0.253 e. The van der Waals surface area contributed by atoms with Crippen molar-refractivity contribution in [2.75, 3.05) is 25.0 Å². The summed E-state index contributed by atoms with van der Waals surface area (Å²) in [7, 11) is 2.04. The van der Waals surface area contributed by atoms with Gasteiger partial charge in [-0.2, -0.15) is 5.10 Å². The van der Waals surface area contributed by atoms with Gasteiger partial charge < -0.3 is 15.5 Å². The van der Waals surface area contributed by atoms with E-state index in [0.29, 0.717) is 12.6 Å². The van der Waals surface area contributed by atoms with Gasteiger partial charge >= 0.3 is 0 Å². The van der Waals surface area contributed by atoms with Crippen LogP contribution in [-0.2, 0) is 6.54 Å². The molecule has 25 heavy (non-hydrogen) atoms. The Kier molecular flexibility index (Phi) is 6.73. The van der Waals surface area contributed by atoms with E-state index >= 15 is 0 Å². The van der Waals surface area contributed by atoms with Crippen molar-refractivity contribution in [1.82, 2.24) is 15.1 Å². The monoisotopic (exact) mass is 361 g/mol. The van der Waals surface area contributed by atoms with E-state index in [0.717, 1.165) is 42.9 Å². The molecule has 7 heteroatoms. The molecule has 0 spiro atoms. The second kappa shape index (κ2) is 8.78. The Morgan fingerprint density at radius 2 is 1.92 bits per heavy atom. The van der Waals surface area contributed by atoms with Crippen LogP contribution in [0.2, 0.25) is 0 Å². The smallest absolute Gasteiger partial charge is 0.253 e. The number of amides is 1. The van der Waals surface area contributed by atoms with Crippen LogP contribution in [0.15, 0.2) is 42.6 Å².